The molecule has 0 fully saturated rings. The van der Waals surface area contributed by atoms with E-state index in [4.69, 9.17) is 0 Å². The Morgan fingerprint density at radius 3 is 2.67 bits per heavy atom. The van der Waals surface area contributed by atoms with Gasteiger partial charge in [0.05, 0.1) is 23.8 Å². The van der Waals surface area contributed by atoms with Gasteiger partial charge in [-0.3, -0.25) is 4.79 Å². The fraction of sp³-hybridized carbons (Fsp3) is 0.278. The van der Waals surface area contributed by atoms with Crippen molar-refractivity contribution in [2.24, 2.45) is 0 Å². The van der Waals surface area contributed by atoms with Crippen LogP contribution in [0.2, 0.25) is 0 Å². The normalized spacial score (nSPS) is 11.5. The molecule has 0 bridgehead atoms. The Bertz CT molecular complexity index is 836. The summed E-state index contributed by atoms with van der Waals surface area (Å²) in [6, 6.07) is 9.84. The lowest BCUT2D eigenvalue weighted by Crippen LogP contribution is -2.41. The summed E-state index contributed by atoms with van der Waals surface area (Å²) in [5, 5.41) is 8.29. The molecule has 1 N–H and O–H groups in total. The van der Waals surface area contributed by atoms with E-state index >= 15 is 0 Å². The van der Waals surface area contributed by atoms with Crippen molar-refractivity contribution in [1.29, 1.82) is 0 Å². The minimum absolute atomic E-state index is 0.0412. The molecule has 0 aliphatic heterocycles. The summed E-state index contributed by atoms with van der Waals surface area (Å²) in [7, 11) is 0. The molecule has 0 radical (unpaired) electrons. The summed E-state index contributed by atoms with van der Waals surface area (Å²) >= 11 is 1.60. The van der Waals surface area contributed by atoms with Gasteiger partial charge in [0, 0.05) is 17.3 Å². The molecular formula is C18H20N4OS. The smallest absolute Gasteiger partial charge is 0.225 e. The topological polar surface area (TPSA) is 59.8 Å². The van der Waals surface area contributed by atoms with Crippen LogP contribution in [0.4, 0.5) is 0 Å². The standard InChI is InChI=1S/C18H20N4OS/c1-13-10-19-17(24-13)18(2,3)21-16(23)9-14-11-20-22(12-14)15-7-5-4-6-8-15/h4-8,10-12H,9H2,1-3H3,(H,21,23). The largest absolute Gasteiger partial charge is 0.344 e. The molecule has 0 unspecified atom stereocenters. The quantitative estimate of drug-likeness (QED) is 0.776. The highest BCUT2D eigenvalue weighted by atomic mass is 32.1. The summed E-state index contributed by atoms with van der Waals surface area (Å²) in [4.78, 5) is 17.9. The summed E-state index contributed by atoms with van der Waals surface area (Å²) in [5.41, 5.74) is 1.37. The molecule has 124 valence electrons. The van der Waals surface area contributed by atoms with E-state index in [1.807, 2.05) is 63.5 Å². The van der Waals surface area contributed by atoms with Gasteiger partial charge in [-0.15, -0.1) is 11.3 Å². The molecule has 3 rings (SSSR count). The van der Waals surface area contributed by atoms with Crippen LogP contribution in [-0.4, -0.2) is 20.7 Å². The number of hydrogen-bond donors (Lipinski definition) is 1. The summed E-state index contributed by atoms with van der Waals surface area (Å²) < 4.78 is 1.78. The first-order valence-electron chi connectivity index (χ1n) is 7.77. The van der Waals surface area contributed by atoms with E-state index in [0.717, 1.165) is 21.1 Å². The molecule has 1 aromatic carbocycles. The first-order chi connectivity index (χ1) is 11.4. The molecule has 0 aliphatic rings. The SMILES string of the molecule is Cc1cnc(C(C)(C)NC(=O)Cc2cnn(-c3ccccc3)c2)s1. The van der Waals surface area contributed by atoms with E-state index in [-0.39, 0.29) is 5.91 Å². The molecular weight excluding hydrogens is 320 g/mol. The Labute approximate surface area is 145 Å². The van der Waals surface area contributed by atoms with Gasteiger partial charge in [0.25, 0.3) is 0 Å². The minimum atomic E-state index is -0.481. The third-order valence-electron chi connectivity index (χ3n) is 3.63. The number of benzene rings is 1. The predicted octanol–water partition coefficient (Wildman–Crippen LogP) is 3.23. The van der Waals surface area contributed by atoms with Crippen LogP contribution in [0.3, 0.4) is 0 Å². The fourth-order valence-electron chi connectivity index (χ4n) is 2.45. The zero-order chi connectivity index (χ0) is 17.2. The Hall–Kier alpha value is -2.47. The minimum Gasteiger partial charge on any atom is -0.344 e. The molecule has 2 heterocycles. The van der Waals surface area contributed by atoms with Crippen molar-refractivity contribution in [2.45, 2.75) is 32.7 Å². The zero-order valence-electron chi connectivity index (χ0n) is 14.0. The molecule has 0 atom stereocenters. The van der Waals surface area contributed by atoms with Crippen molar-refractivity contribution in [3.8, 4) is 5.69 Å². The van der Waals surface area contributed by atoms with E-state index in [9.17, 15) is 4.79 Å². The number of para-hydroxylation sites is 1. The number of nitrogens with zero attached hydrogens (tertiary/aromatic N) is 3. The number of rotatable bonds is 5. The van der Waals surface area contributed by atoms with E-state index in [0.29, 0.717) is 6.42 Å². The van der Waals surface area contributed by atoms with Gasteiger partial charge < -0.3 is 5.32 Å². The average molecular weight is 340 g/mol. The van der Waals surface area contributed by atoms with Crippen molar-refractivity contribution >= 4 is 17.2 Å². The fourth-order valence-corrected chi connectivity index (χ4v) is 3.27. The Morgan fingerprint density at radius 2 is 2.00 bits per heavy atom. The molecule has 24 heavy (non-hydrogen) atoms. The van der Waals surface area contributed by atoms with Crippen LogP contribution in [0.15, 0.2) is 48.9 Å². The second kappa shape index (κ2) is 6.57. The molecule has 0 saturated heterocycles. The maximum Gasteiger partial charge on any atom is 0.225 e. The molecule has 2 aromatic heterocycles. The first kappa shape index (κ1) is 16.4. The summed E-state index contributed by atoms with van der Waals surface area (Å²) in [6.45, 7) is 5.95. The molecule has 0 spiro atoms. The number of nitrogens with one attached hydrogen (secondary N) is 1. The van der Waals surface area contributed by atoms with Gasteiger partial charge in [0.2, 0.25) is 5.91 Å². The number of carbonyl (C=O) groups is 1. The van der Waals surface area contributed by atoms with Gasteiger partial charge in [0.15, 0.2) is 0 Å². The van der Waals surface area contributed by atoms with Crippen LogP contribution in [0.5, 0.6) is 0 Å². The molecule has 3 aromatic rings. The molecule has 5 nitrogen and oxygen atoms in total. The van der Waals surface area contributed by atoms with Crippen molar-refractivity contribution in [3.05, 3.63) is 64.4 Å². The van der Waals surface area contributed by atoms with Gasteiger partial charge >= 0.3 is 0 Å². The Kier molecular flexibility index (Phi) is 4.49. The third kappa shape index (κ3) is 3.71. The van der Waals surface area contributed by atoms with Gasteiger partial charge in [-0.05, 0) is 38.5 Å². The highest BCUT2D eigenvalue weighted by molar-refractivity contribution is 7.11. The zero-order valence-corrected chi connectivity index (χ0v) is 14.8. The van der Waals surface area contributed by atoms with Crippen molar-refractivity contribution in [2.75, 3.05) is 0 Å². The average Bonchev–Trinajstić information content (AvgIpc) is 3.17. The maximum absolute atomic E-state index is 12.4. The van der Waals surface area contributed by atoms with E-state index in [1.165, 1.54) is 0 Å². The lowest BCUT2D eigenvalue weighted by molar-refractivity contribution is -0.122. The highest BCUT2D eigenvalue weighted by Crippen LogP contribution is 2.24. The van der Waals surface area contributed by atoms with Crippen molar-refractivity contribution in [3.63, 3.8) is 0 Å². The second-order valence-electron chi connectivity index (χ2n) is 6.25. The lowest BCUT2D eigenvalue weighted by Gasteiger charge is -2.23. The van der Waals surface area contributed by atoms with E-state index in [1.54, 1.807) is 22.2 Å². The first-order valence-corrected chi connectivity index (χ1v) is 8.58. The number of aromatic nitrogens is 3. The number of hydrogen-bond acceptors (Lipinski definition) is 4. The Balaban J connectivity index is 1.66. The number of carbonyl (C=O) groups excluding carboxylic acids is 1. The third-order valence-corrected chi connectivity index (χ3v) is 4.87. The number of aryl methyl sites for hydroxylation is 1. The van der Waals surface area contributed by atoms with Crippen LogP contribution >= 0.6 is 11.3 Å². The maximum atomic E-state index is 12.4. The lowest BCUT2D eigenvalue weighted by atomic mass is 10.1. The highest BCUT2D eigenvalue weighted by Gasteiger charge is 2.26. The molecule has 1 amide bonds. The number of amides is 1. The van der Waals surface area contributed by atoms with Crippen molar-refractivity contribution in [1.82, 2.24) is 20.1 Å². The van der Waals surface area contributed by atoms with Crippen LogP contribution in [0.25, 0.3) is 5.69 Å². The molecule has 0 aliphatic carbocycles. The van der Waals surface area contributed by atoms with Gasteiger partial charge in [0.1, 0.15) is 5.01 Å². The second-order valence-corrected chi connectivity index (χ2v) is 7.49. The van der Waals surface area contributed by atoms with Crippen LogP contribution in [-0.2, 0) is 16.8 Å². The number of thiazole rings is 1. The van der Waals surface area contributed by atoms with Gasteiger partial charge in [-0.1, -0.05) is 18.2 Å². The summed E-state index contributed by atoms with van der Waals surface area (Å²) in [5.74, 6) is -0.0412. The molecule has 0 saturated carbocycles. The van der Waals surface area contributed by atoms with Gasteiger partial charge in [-0.25, -0.2) is 9.67 Å². The van der Waals surface area contributed by atoms with Crippen LogP contribution < -0.4 is 5.32 Å². The predicted molar refractivity (Wildman–Crippen MR) is 95.3 cm³/mol. The molecule has 6 heteroatoms. The van der Waals surface area contributed by atoms with Crippen LogP contribution in [0, 0.1) is 6.92 Å². The van der Waals surface area contributed by atoms with E-state index < -0.39 is 5.54 Å². The Morgan fingerprint density at radius 1 is 1.25 bits per heavy atom. The van der Waals surface area contributed by atoms with E-state index in [2.05, 4.69) is 15.4 Å². The van der Waals surface area contributed by atoms with Crippen molar-refractivity contribution < 1.29 is 4.79 Å². The summed E-state index contributed by atoms with van der Waals surface area (Å²) in [6.07, 6.45) is 5.74. The monoisotopic (exact) mass is 340 g/mol. The van der Waals surface area contributed by atoms with Gasteiger partial charge in [-0.2, -0.15) is 5.10 Å². The van der Waals surface area contributed by atoms with Crippen LogP contribution in [0.1, 0.15) is 29.3 Å².